The standard InChI is InChI=1S/C13H26O6Si3.C9H14O3Si.C5H14O3Si.C4H12O3Si.C4H12O2Si.C4H12OSi.H2O/c1-14-20(5,6)18-22(17-4,13-11-9-8-10-12-13)19-21(7,15-2)16-3;1-10-13(11-2,12-3)9-7-5-4-6-8-9;1-5-9(6-2,7-3)8-4;1-5-8(4,6-2)7-3;1-5-7(3,4)6-2;1-5-6(2,3)4;/h8-12H,1-7H3;4-8H,1-3H3;5H2,1-4H3;1-4H3;1-4H3;1-4H3;1H2. The van der Waals surface area contributed by atoms with E-state index in [0.717, 1.165) is 16.4 Å². The molecule has 0 aliphatic carbocycles. The Balaban J connectivity index is -0.000000242. The fourth-order valence-corrected chi connectivity index (χ4v) is 16.6. The molecular weight excluding hydrogens is 997 g/mol. The highest BCUT2D eigenvalue weighted by Gasteiger charge is 2.54. The Bertz CT molecular complexity index is 1350. The van der Waals surface area contributed by atoms with Crippen LogP contribution in [0.15, 0.2) is 60.7 Å². The normalized spacial score (nSPS) is 12.9. The molecule has 27 heteroatoms. The molecule has 0 bridgehead atoms. The number of rotatable bonds is 23. The molecular formula is C39H92O19Si8. The lowest BCUT2D eigenvalue weighted by Gasteiger charge is -2.38. The van der Waals surface area contributed by atoms with Gasteiger partial charge < -0.3 is 84.5 Å². The van der Waals surface area contributed by atoms with Crippen LogP contribution < -0.4 is 10.4 Å². The highest BCUT2D eigenvalue weighted by Crippen LogP contribution is 2.23. The third-order valence-corrected chi connectivity index (χ3v) is 29.8. The zero-order valence-electron chi connectivity index (χ0n) is 45.3. The van der Waals surface area contributed by atoms with Gasteiger partial charge in [0.15, 0.2) is 8.32 Å². The minimum atomic E-state index is -3.23. The van der Waals surface area contributed by atoms with Gasteiger partial charge in [-0.15, -0.1) is 0 Å². The van der Waals surface area contributed by atoms with Gasteiger partial charge in [-0.1, -0.05) is 67.6 Å². The SMILES string of the molecule is CC[Si](OC)(OC)OC.CO[Si](C)(C)C.CO[Si](C)(C)OC.CO[Si](C)(C)O[Si](OC)(O[Si](C)(OC)OC)c1ccccc1.CO[Si](C)(OC)OC.CO[Si](OC)(OC)c1ccccc1.O. The van der Waals surface area contributed by atoms with E-state index in [4.69, 9.17) is 79.0 Å². The summed E-state index contributed by atoms with van der Waals surface area (Å²) in [6, 6.07) is 20.2. The van der Waals surface area contributed by atoms with E-state index in [2.05, 4.69) is 19.6 Å². The molecule has 394 valence electrons. The topological polar surface area (TPSA) is 198 Å². The van der Waals surface area contributed by atoms with Gasteiger partial charge in [0.1, 0.15) is 0 Å². The zero-order valence-corrected chi connectivity index (χ0v) is 53.3. The zero-order chi connectivity index (χ0) is 51.7. The molecule has 2 aromatic carbocycles. The van der Waals surface area contributed by atoms with Crippen LogP contribution in [0, 0.1) is 0 Å². The summed E-state index contributed by atoms with van der Waals surface area (Å²) in [4.78, 5) is 0. The van der Waals surface area contributed by atoms with Gasteiger partial charge in [-0.25, -0.2) is 0 Å². The minimum absolute atomic E-state index is 0. The molecule has 0 radical (unpaired) electrons. The summed E-state index contributed by atoms with van der Waals surface area (Å²) in [5.41, 5.74) is 0. The summed E-state index contributed by atoms with van der Waals surface area (Å²) in [6.07, 6.45) is 0. The van der Waals surface area contributed by atoms with Crippen molar-refractivity contribution in [3.05, 3.63) is 60.7 Å². The Morgan fingerprint density at radius 3 is 0.773 bits per heavy atom. The number of hydrogen-bond donors (Lipinski definition) is 0. The van der Waals surface area contributed by atoms with Crippen LogP contribution in [-0.4, -0.2) is 189 Å². The third-order valence-electron chi connectivity index (χ3n) is 9.34. The van der Waals surface area contributed by atoms with E-state index >= 15 is 0 Å². The van der Waals surface area contributed by atoms with Crippen LogP contribution in [0.25, 0.3) is 0 Å². The molecule has 2 rings (SSSR count). The highest BCUT2D eigenvalue weighted by molar-refractivity contribution is 6.88. The molecule has 2 aromatic rings. The first-order valence-corrected chi connectivity index (χ1v) is 39.4. The molecule has 0 amide bonds. The van der Waals surface area contributed by atoms with Crippen molar-refractivity contribution in [1.82, 2.24) is 0 Å². The van der Waals surface area contributed by atoms with Crippen molar-refractivity contribution in [2.45, 2.75) is 71.9 Å². The molecule has 0 aromatic heterocycles. The van der Waals surface area contributed by atoms with E-state index in [1.54, 1.807) is 120 Å². The van der Waals surface area contributed by atoms with Crippen LogP contribution >= 0.6 is 0 Å². The van der Waals surface area contributed by atoms with Gasteiger partial charge in [0, 0.05) is 143 Å². The Kier molecular flexibility index (Phi) is 43.0. The van der Waals surface area contributed by atoms with E-state index in [1.165, 1.54) is 0 Å². The van der Waals surface area contributed by atoms with Crippen LogP contribution in [0.4, 0.5) is 0 Å². The Morgan fingerprint density at radius 1 is 0.318 bits per heavy atom. The Labute approximate surface area is 408 Å². The average Bonchev–Trinajstić information content (AvgIpc) is 3.34. The molecule has 19 nitrogen and oxygen atoms in total. The summed E-state index contributed by atoms with van der Waals surface area (Å²) in [7, 11) is 7.61. The van der Waals surface area contributed by atoms with E-state index < -0.39 is 69.5 Å². The second kappa shape index (κ2) is 38.1. The molecule has 2 N–H and O–H groups in total. The fourth-order valence-electron chi connectivity index (χ4n) is 4.02. The van der Waals surface area contributed by atoms with Gasteiger partial charge in [0.25, 0.3) is 0 Å². The van der Waals surface area contributed by atoms with E-state index in [9.17, 15) is 0 Å². The second-order valence-electron chi connectivity index (χ2n) is 15.0. The van der Waals surface area contributed by atoms with Crippen LogP contribution in [-0.2, 0) is 79.0 Å². The predicted molar refractivity (Wildman–Crippen MR) is 279 cm³/mol. The summed E-state index contributed by atoms with van der Waals surface area (Å²) in [5.74, 6) is 0. The van der Waals surface area contributed by atoms with Crippen molar-refractivity contribution in [3.8, 4) is 0 Å². The molecule has 0 fully saturated rings. The largest absolute Gasteiger partial charge is 0.536 e. The fraction of sp³-hybridized carbons (Fsp3) is 0.692. The van der Waals surface area contributed by atoms with E-state index in [-0.39, 0.29) is 5.48 Å². The van der Waals surface area contributed by atoms with Gasteiger partial charge in [0.2, 0.25) is 0 Å². The van der Waals surface area contributed by atoms with E-state index in [0.29, 0.717) is 0 Å². The van der Waals surface area contributed by atoms with Crippen molar-refractivity contribution in [1.29, 1.82) is 0 Å². The quantitative estimate of drug-likeness (QED) is 0.126. The summed E-state index contributed by atoms with van der Waals surface area (Å²) in [6.45, 7) is 20.0. The van der Waals surface area contributed by atoms with Crippen LogP contribution in [0.1, 0.15) is 6.92 Å². The van der Waals surface area contributed by atoms with Crippen molar-refractivity contribution in [2.75, 3.05) is 114 Å². The Hall–Kier alpha value is -0.585. The van der Waals surface area contributed by atoms with Crippen molar-refractivity contribution in [2.24, 2.45) is 0 Å². The average molecular weight is 1090 g/mol. The molecule has 1 unspecified atom stereocenters. The van der Waals surface area contributed by atoms with Crippen LogP contribution in [0.5, 0.6) is 0 Å². The second-order valence-corrected chi connectivity index (χ2v) is 41.9. The summed E-state index contributed by atoms with van der Waals surface area (Å²) in [5, 5.41) is 1.82. The maximum atomic E-state index is 6.30. The molecule has 0 saturated carbocycles. The first kappa shape index (κ1) is 74.4. The molecule has 0 spiro atoms. The summed E-state index contributed by atoms with van der Waals surface area (Å²) >= 11 is 0. The van der Waals surface area contributed by atoms with Crippen molar-refractivity contribution >= 4 is 79.8 Å². The first-order valence-electron chi connectivity index (χ1n) is 20.5. The lowest BCUT2D eigenvalue weighted by molar-refractivity contribution is 0.110. The van der Waals surface area contributed by atoms with Gasteiger partial charge in [-0.3, -0.25) is 0 Å². The molecule has 0 heterocycles. The molecule has 66 heavy (non-hydrogen) atoms. The van der Waals surface area contributed by atoms with Crippen molar-refractivity contribution < 1.29 is 84.5 Å². The van der Waals surface area contributed by atoms with Gasteiger partial charge in [0.05, 0.1) is 0 Å². The minimum Gasteiger partial charge on any atom is -0.421 e. The maximum Gasteiger partial charge on any atom is 0.536 e. The van der Waals surface area contributed by atoms with Crippen LogP contribution in [0.3, 0.4) is 0 Å². The molecule has 0 aliphatic rings. The van der Waals surface area contributed by atoms with Crippen molar-refractivity contribution in [3.63, 3.8) is 0 Å². The number of benzene rings is 2. The smallest absolute Gasteiger partial charge is 0.421 e. The molecule has 0 aliphatic heterocycles. The lowest BCUT2D eigenvalue weighted by Crippen LogP contribution is -2.66. The lowest BCUT2D eigenvalue weighted by atomic mass is 10.4. The number of hydrogen-bond acceptors (Lipinski definition) is 18. The van der Waals surface area contributed by atoms with Gasteiger partial charge in [-0.2, -0.15) is 0 Å². The maximum absolute atomic E-state index is 6.30. The third kappa shape index (κ3) is 30.2. The molecule has 1 atom stereocenters. The van der Waals surface area contributed by atoms with Gasteiger partial charge >= 0.3 is 61.1 Å². The summed E-state index contributed by atoms with van der Waals surface area (Å²) < 4.78 is 95.8. The van der Waals surface area contributed by atoms with Gasteiger partial charge in [-0.05, 0) is 45.8 Å². The highest BCUT2D eigenvalue weighted by atomic mass is 28.5. The Morgan fingerprint density at radius 2 is 0.606 bits per heavy atom. The first-order chi connectivity index (χ1) is 30.2. The molecule has 0 saturated heterocycles. The van der Waals surface area contributed by atoms with Crippen LogP contribution in [0.2, 0.25) is 65.0 Å². The van der Waals surface area contributed by atoms with E-state index in [1.807, 2.05) is 100 Å². The monoisotopic (exact) mass is 1090 g/mol. The predicted octanol–water partition coefficient (Wildman–Crippen LogP) is 5.50.